The maximum absolute atomic E-state index is 14.0. The number of benzene rings is 2. The van der Waals surface area contributed by atoms with Crippen LogP contribution in [0.25, 0.3) is 0 Å². The molecule has 0 aliphatic heterocycles. The van der Waals surface area contributed by atoms with Gasteiger partial charge in [-0.25, -0.2) is 4.39 Å². The van der Waals surface area contributed by atoms with E-state index < -0.39 is 11.7 Å². The molecule has 3 rings (SSSR count). The van der Waals surface area contributed by atoms with Gasteiger partial charge in [-0.15, -0.1) is 0 Å². The normalized spacial score (nSPS) is 15.7. The summed E-state index contributed by atoms with van der Waals surface area (Å²) < 4.78 is 14.0. The van der Waals surface area contributed by atoms with E-state index in [0.717, 1.165) is 17.2 Å². The molecule has 0 spiro atoms. The molecule has 0 fully saturated rings. The minimum absolute atomic E-state index is 0.130. The highest BCUT2D eigenvalue weighted by molar-refractivity contribution is 5.97. The van der Waals surface area contributed by atoms with Crippen molar-refractivity contribution < 1.29 is 19.1 Å². The monoisotopic (exact) mass is 328 g/mol. The third-order valence-corrected chi connectivity index (χ3v) is 4.08. The summed E-state index contributed by atoms with van der Waals surface area (Å²) in [5, 5.41) is 15.2. The first-order valence-corrected chi connectivity index (χ1v) is 7.64. The summed E-state index contributed by atoms with van der Waals surface area (Å²) in [6.45, 7) is 1.34. The summed E-state index contributed by atoms with van der Waals surface area (Å²) in [6, 6.07) is 8.76. The van der Waals surface area contributed by atoms with Gasteiger partial charge in [0.1, 0.15) is 11.6 Å². The summed E-state index contributed by atoms with van der Waals surface area (Å²) in [5.41, 5.74) is 1.89. The second kappa shape index (κ2) is 6.31. The highest BCUT2D eigenvalue weighted by Crippen LogP contribution is 2.36. The van der Waals surface area contributed by atoms with Crippen LogP contribution < -0.4 is 10.6 Å². The number of aromatic hydroxyl groups is 1. The molecule has 0 aromatic heterocycles. The lowest BCUT2D eigenvalue weighted by Gasteiger charge is -2.15. The Morgan fingerprint density at radius 2 is 2.04 bits per heavy atom. The zero-order valence-corrected chi connectivity index (χ0v) is 13.1. The third-order valence-electron chi connectivity index (χ3n) is 4.08. The Bertz CT molecular complexity index is 820. The fraction of sp³-hybridized carbons (Fsp3) is 0.222. The quantitative estimate of drug-likeness (QED) is 0.810. The lowest BCUT2D eigenvalue weighted by atomic mass is 10.1. The number of fused-ring (bicyclic) bond motifs is 1. The summed E-state index contributed by atoms with van der Waals surface area (Å²) in [4.78, 5) is 23.5. The molecule has 1 aliphatic rings. The number of rotatable bonds is 3. The maximum Gasteiger partial charge on any atom is 0.254 e. The van der Waals surface area contributed by atoms with Gasteiger partial charge in [0.05, 0.1) is 11.6 Å². The van der Waals surface area contributed by atoms with Gasteiger partial charge in [-0.2, -0.15) is 0 Å². The number of hydrogen-bond acceptors (Lipinski definition) is 3. The van der Waals surface area contributed by atoms with Gasteiger partial charge >= 0.3 is 0 Å². The fourth-order valence-electron chi connectivity index (χ4n) is 3.00. The Hall–Kier alpha value is -2.89. The number of phenolic OH excluding ortho intramolecular Hbond substituents is 1. The fourth-order valence-corrected chi connectivity index (χ4v) is 3.00. The van der Waals surface area contributed by atoms with Crippen LogP contribution in [0.1, 0.15) is 40.9 Å². The molecular formula is C18H17FN2O3. The number of carbonyl (C=O) groups is 2. The highest BCUT2D eigenvalue weighted by Gasteiger charge is 2.27. The number of carbonyl (C=O) groups excluding carboxylic acids is 2. The molecule has 0 saturated heterocycles. The molecule has 1 unspecified atom stereocenters. The van der Waals surface area contributed by atoms with Gasteiger partial charge in [0, 0.05) is 12.6 Å². The molecule has 2 aromatic rings. The van der Waals surface area contributed by atoms with Crippen LogP contribution in [0.4, 0.5) is 10.1 Å². The Kier molecular flexibility index (Phi) is 4.20. The molecule has 0 bridgehead atoms. The largest absolute Gasteiger partial charge is 0.508 e. The predicted octanol–water partition coefficient (Wildman–Crippen LogP) is 2.91. The number of anilines is 1. The van der Waals surface area contributed by atoms with E-state index in [0.29, 0.717) is 18.5 Å². The van der Waals surface area contributed by atoms with Crippen LogP contribution >= 0.6 is 0 Å². The first kappa shape index (κ1) is 16.0. The van der Waals surface area contributed by atoms with Crippen molar-refractivity contribution in [1.29, 1.82) is 0 Å². The van der Waals surface area contributed by atoms with Crippen molar-refractivity contribution in [2.75, 3.05) is 5.32 Å². The Labute approximate surface area is 138 Å². The SMILES string of the molecule is CC(=O)Nc1ccc(F)c(C(=O)NC2CCc3c(O)cccc32)c1. The first-order chi connectivity index (χ1) is 11.5. The molecule has 0 radical (unpaired) electrons. The van der Waals surface area contributed by atoms with Gasteiger partial charge in [0.25, 0.3) is 5.91 Å². The summed E-state index contributed by atoms with van der Waals surface area (Å²) in [6.07, 6.45) is 1.30. The lowest BCUT2D eigenvalue weighted by molar-refractivity contribution is -0.114. The molecular weight excluding hydrogens is 311 g/mol. The van der Waals surface area contributed by atoms with E-state index in [1.807, 2.05) is 6.07 Å². The zero-order valence-electron chi connectivity index (χ0n) is 13.1. The van der Waals surface area contributed by atoms with Crippen LogP contribution in [0.3, 0.4) is 0 Å². The van der Waals surface area contributed by atoms with E-state index in [1.165, 1.54) is 19.1 Å². The van der Waals surface area contributed by atoms with Crippen LogP contribution in [0.15, 0.2) is 36.4 Å². The summed E-state index contributed by atoms with van der Waals surface area (Å²) >= 11 is 0. The lowest BCUT2D eigenvalue weighted by Crippen LogP contribution is -2.28. The van der Waals surface area contributed by atoms with E-state index >= 15 is 0 Å². The Morgan fingerprint density at radius 3 is 2.79 bits per heavy atom. The van der Waals surface area contributed by atoms with Crippen LogP contribution in [-0.4, -0.2) is 16.9 Å². The molecule has 0 saturated carbocycles. The van der Waals surface area contributed by atoms with Crippen molar-refractivity contribution in [2.45, 2.75) is 25.8 Å². The predicted molar refractivity (Wildman–Crippen MR) is 87.3 cm³/mol. The van der Waals surface area contributed by atoms with Gasteiger partial charge in [-0.05, 0) is 48.2 Å². The maximum atomic E-state index is 14.0. The highest BCUT2D eigenvalue weighted by atomic mass is 19.1. The number of nitrogens with one attached hydrogen (secondary N) is 2. The van der Waals surface area contributed by atoms with E-state index in [9.17, 15) is 19.1 Å². The Balaban J connectivity index is 1.82. The van der Waals surface area contributed by atoms with Crippen LogP contribution in [0.2, 0.25) is 0 Å². The number of halogens is 1. The topological polar surface area (TPSA) is 78.4 Å². The number of amides is 2. The standard InChI is InChI=1S/C18H17FN2O3/c1-10(22)20-11-5-7-15(19)14(9-11)18(24)21-16-8-6-13-12(16)3-2-4-17(13)23/h2-5,7,9,16,23H,6,8H2,1H3,(H,20,22)(H,21,24). The van der Waals surface area contributed by atoms with E-state index in [2.05, 4.69) is 10.6 Å². The van der Waals surface area contributed by atoms with Crippen molar-refractivity contribution in [3.63, 3.8) is 0 Å². The second-order valence-electron chi connectivity index (χ2n) is 5.79. The molecule has 1 atom stereocenters. The molecule has 0 heterocycles. The third kappa shape index (κ3) is 3.08. The van der Waals surface area contributed by atoms with Gasteiger partial charge in [0.15, 0.2) is 0 Å². The molecule has 24 heavy (non-hydrogen) atoms. The van der Waals surface area contributed by atoms with Crippen molar-refractivity contribution >= 4 is 17.5 Å². The minimum atomic E-state index is -0.657. The summed E-state index contributed by atoms with van der Waals surface area (Å²) in [5.74, 6) is -1.30. The van der Waals surface area contributed by atoms with E-state index in [4.69, 9.17) is 0 Å². The molecule has 1 aliphatic carbocycles. The molecule has 2 amide bonds. The van der Waals surface area contributed by atoms with Crippen LogP contribution in [0, 0.1) is 5.82 Å². The van der Waals surface area contributed by atoms with Crippen LogP contribution in [-0.2, 0) is 11.2 Å². The van der Waals surface area contributed by atoms with Gasteiger partial charge in [-0.3, -0.25) is 9.59 Å². The van der Waals surface area contributed by atoms with Crippen molar-refractivity contribution in [1.82, 2.24) is 5.32 Å². The van der Waals surface area contributed by atoms with Gasteiger partial charge in [0.2, 0.25) is 5.91 Å². The molecule has 6 heteroatoms. The molecule has 5 nitrogen and oxygen atoms in total. The second-order valence-corrected chi connectivity index (χ2v) is 5.79. The van der Waals surface area contributed by atoms with Gasteiger partial charge < -0.3 is 15.7 Å². The minimum Gasteiger partial charge on any atom is -0.508 e. The van der Waals surface area contributed by atoms with Crippen molar-refractivity contribution in [2.24, 2.45) is 0 Å². The molecule has 2 aromatic carbocycles. The first-order valence-electron chi connectivity index (χ1n) is 7.64. The Morgan fingerprint density at radius 1 is 1.25 bits per heavy atom. The van der Waals surface area contributed by atoms with Gasteiger partial charge in [-0.1, -0.05) is 12.1 Å². The smallest absolute Gasteiger partial charge is 0.254 e. The van der Waals surface area contributed by atoms with E-state index in [1.54, 1.807) is 12.1 Å². The van der Waals surface area contributed by atoms with Crippen LogP contribution in [0.5, 0.6) is 5.75 Å². The average molecular weight is 328 g/mol. The summed E-state index contributed by atoms with van der Waals surface area (Å²) in [7, 11) is 0. The van der Waals surface area contributed by atoms with E-state index in [-0.39, 0.29) is 23.3 Å². The molecule has 3 N–H and O–H groups in total. The number of hydrogen-bond donors (Lipinski definition) is 3. The number of phenols is 1. The van der Waals surface area contributed by atoms with Crippen molar-refractivity contribution in [3.8, 4) is 5.75 Å². The zero-order chi connectivity index (χ0) is 17.3. The molecule has 124 valence electrons. The average Bonchev–Trinajstić information content (AvgIpc) is 2.93. The van der Waals surface area contributed by atoms with Crippen molar-refractivity contribution in [3.05, 3.63) is 58.9 Å².